The summed E-state index contributed by atoms with van der Waals surface area (Å²) in [6, 6.07) is 0.170. The molecule has 9 heteroatoms. The second-order valence-corrected chi connectivity index (χ2v) is 4.84. The Labute approximate surface area is 113 Å². The lowest BCUT2D eigenvalue weighted by Crippen LogP contribution is -2.13. The van der Waals surface area contributed by atoms with Gasteiger partial charge in [0.1, 0.15) is 0 Å². The highest BCUT2D eigenvalue weighted by molar-refractivity contribution is 7.07. The second kappa shape index (κ2) is 5.65. The number of hydrogen-bond acceptors (Lipinski definition) is 8. The van der Waals surface area contributed by atoms with Crippen LogP contribution in [0.5, 0.6) is 6.01 Å². The molecule has 0 unspecified atom stereocenters. The van der Waals surface area contributed by atoms with Gasteiger partial charge in [-0.25, -0.2) is 0 Å². The lowest BCUT2D eigenvalue weighted by Gasteiger charge is -2.09. The van der Waals surface area contributed by atoms with Crippen molar-refractivity contribution < 1.29 is 4.74 Å². The van der Waals surface area contributed by atoms with E-state index in [1.807, 2.05) is 13.8 Å². The van der Waals surface area contributed by atoms with Crippen LogP contribution in [0.1, 0.15) is 19.5 Å². The van der Waals surface area contributed by atoms with E-state index in [1.165, 1.54) is 0 Å². The number of thiazole rings is 1. The number of hydrogen-bond donors (Lipinski definition) is 3. The molecule has 2 rings (SSSR count). The van der Waals surface area contributed by atoms with Gasteiger partial charge in [-0.05, 0) is 13.8 Å². The lowest BCUT2D eigenvalue weighted by molar-refractivity contribution is 0.222. The number of nitrogen functional groups attached to an aromatic ring is 1. The monoisotopic (exact) mass is 282 g/mol. The quantitative estimate of drug-likeness (QED) is 0.734. The molecular formula is C10H14N6O2S. The van der Waals surface area contributed by atoms with Crippen molar-refractivity contribution in [2.75, 3.05) is 11.1 Å². The molecule has 8 nitrogen and oxygen atoms in total. The molecule has 0 aliphatic heterocycles. The molecule has 2 aromatic rings. The Morgan fingerprint density at radius 1 is 1.47 bits per heavy atom. The summed E-state index contributed by atoms with van der Waals surface area (Å²) in [5, 5.41) is 4.67. The molecule has 0 spiro atoms. The van der Waals surface area contributed by atoms with Gasteiger partial charge in [0.15, 0.2) is 0 Å². The number of ether oxygens (including phenoxy) is 1. The third-order valence-corrected chi connectivity index (χ3v) is 2.70. The molecule has 19 heavy (non-hydrogen) atoms. The Balaban J connectivity index is 2.07. The summed E-state index contributed by atoms with van der Waals surface area (Å²) < 4.78 is 5.35. The number of anilines is 2. The van der Waals surface area contributed by atoms with Crippen molar-refractivity contribution in [3.8, 4) is 6.01 Å². The van der Waals surface area contributed by atoms with Crippen molar-refractivity contribution in [1.82, 2.24) is 19.9 Å². The standard InChI is InChI=1S/C10H14N6O2S/c1-5(2)18-9-15-7(11)14-8(16-9)12-3-6-4-19-10(17)13-6/h4-5H,3H2,1-2H3,(H,13,17)(H3,11,12,14,15,16). The predicted molar refractivity (Wildman–Crippen MR) is 72.3 cm³/mol. The van der Waals surface area contributed by atoms with E-state index in [-0.39, 0.29) is 22.9 Å². The van der Waals surface area contributed by atoms with Crippen LogP contribution >= 0.6 is 11.3 Å². The van der Waals surface area contributed by atoms with Crippen LogP contribution in [-0.4, -0.2) is 26.0 Å². The maximum absolute atomic E-state index is 11.0. The van der Waals surface area contributed by atoms with Gasteiger partial charge in [0.2, 0.25) is 11.9 Å². The van der Waals surface area contributed by atoms with Crippen molar-refractivity contribution in [2.45, 2.75) is 26.5 Å². The van der Waals surface area contributed by atoms with E-state index in [2.05, 4.69) is 25.3 Å². The normalized spacial score (nSPS) is 10.7. The van der Waals surface area contributed by atoms with E-state index in [0.717, 1.165) is 17.0 Å². The van der Waals surface area contributed by atoms with Crippen LogP contribution in [0.3, 0.4) is 0 Å². The van der Waals surface area contributed by atoms with Gasteiger partial charge in [0.05, 0.1) is 12.6 Å². The lowest BCUT2D eigenvalue weighted by atomic mass is 10.5. The van der Waals surface area contributed by atoms with Gasteiger partial charge in [0.25, 0.3) is 0 Å². The second-order valence-electron chi connectivity index (χ2n) is 3.99. The summed E-state index contributed by atoms with van der Waals surface area (Å²) in [5.41, 5.74) is 6.32. The molecule has 0 aromatic carbocycles. The fourth-order valence-electron chi connectivity index (χ4n) is 1.29. The average Bonchev–Trinajstić information content (AvgIpc) is 2.71. The van der Waals surface area contributed by atoms with Crippen LogP contribution in [0.25, 0.3) is 0 Å². The first-order valence-electron chi connectivity index (χ1n) is 5.61. The van der Waals surface area contributed by atoms with Crippen molar-refractivity contribution in [3.05, 3.63) is 20.7 Å². The minimum atomic E-state index is -0.101. The molecule has 0 bridgehead atoms. The fraction of sp³-hybridized carbons (Fsp3) is 0.400. The third-order valence-electron chi connectivity index (χ3n) is 1.98. The molecule has 2 aromatic heterocycles. The smallest absolute Gasteiger partial charge is 0.323 e. The molecule has 0 aliphatic rings. The molecule has 102 valence electrons. The van der Waals surface area contributed by atoms with Gasteiger partial charge in [-0.1, -0.05) is 11.3 Å². The van der Waals surface area contributed by atoms with E-state index in [1.54, 1.807) is 5.38 Å². The van der Waals surface area contributed by atoms with E-state index in [0.29, 0.717) is 12.5 Å². The van der Waals surface area contributed by atoms with Gasteiger partial charge in [-0.2, -0.15) is 15.0 Å². The summed E-state index contributed by atoms with van der Waals surface area (Å²) in [7, 11) is 0. The first kappa shape index (κ1) is 13.3. The van der Waals surface area contributed by atoms with Crippen LogP contribution in [0.15, 0.2) is 10.2 Å². The highest BCUT2D eigenvalue weighted by atomic mass is 32.1. The number of nitrogens with two attached hydrogens (primary N) is 1. The predicted octanol–water partition coefficient (Wildman–Crippen LogP) is 0.603. The molecule has 2 heterocycles. The summed E-state index contributed by atoms with van der Waals surface area (Å²) >= 11 is 1.10. The first-order chi connectivity index (χ1) is 9.02. The van der Waals surface area contributed by atoms with Gasteiger partial charge in [-0.15, -0.1) is 0 Å². The molecule has 4 N–H and O–H groups in total. The SMILES string of the molecule is CC(C)Oc1nc(N)nc(NCc2csc(=O)[nH]2)n1. The molecule has 0 saturated heterocycles. The number of aromatic nitrogens is 4. The van der Waals surface area contributed by atoms with Crippen LogP contribution < -0.4 is 20.7 Å². The average molecular weight is 282 g/mol. The van der Waals surface area contributed by atoms with Crippen molar-refractivity contribution in [3.63, 3.8) is 0 Å². The first-order valence-corrected chi connectivity index (χ1v) is 6.49. The summed E-state index contributed by atoms with van der Waals surface area (Å²) in [5.74, 6) is 0.377. The fourth-order valence-corrected chi connectivity index (χ4v) is 1.87. The maximum atomic E-state index is 11.0. The largest absolute Gasteiger partial charge is 0.461 e. The van der Waals surface area contributed by atoms with Crippen molar-refractivity contribution >= 4 is 23.2 Å². The maximum Gasteiger partial charge on any atom is 0.323 e. The molecule has 0 saturated carbocycles. The van der Waals surface area contributed by atoms with Gasteiger partial charge < -0.3 is 20.8 Å². The topological polar surface area (TPSA) is 119 Å². The zero-order valence-corrected chi connectivity index (χ0v) is 11.3. The van der Waals surface area contributed by atoms with Gasteiger partial charge in [0, 0.05) is 11.1 Å². The molecule has 0 fully saturated rings. The van der Waals surface area contributed by atoms with Crippen molar-refractivity contribution in [2.24, 2.45) is 0 Å². The number of H-pyrrole nitrogens is 1. The molecular weight excluding hydrogens is 268 g/mol. The Hall–Kier alpha value is -2.16. The van der Waals surface area contributed by atoms with Crippen molar-refractivity contribution in [1.29, 1.82) is 0 Å². The number of nitrogens with one attached hydrogen (secondary N) is 2. The zero-order chi connectivity index (χ0) is 13.8. The van der Waals surface area contributed by atoms with Crippen LogP contribution in [-0.2, 0) is 6.54 Å². The Kier molecular flexibility index (Phi) is 3.95. The summed E-state index contributed by atoms with van der Waals surface area (Å²) in [6.07, 6.45) is -0.0529. The number of rotatable bonds is 5. The van der Waals surface area contributed by atoms with Gasteiger partial charge in [-0.3, -0.25) is 4.79 Å². The van der Waals surface area contributed by atoms with Gasteiger partial charge >= 0.3 is 10.9 Å². The van der Waals surface area contributed by atoms with Crippen LogP contribution in [0, 0.1) is 0 Å². The molecule has 0 atom stereocenters. The highest BCUT2D eigenvalue weighted by Gasteiger charge is 2.07. The minimum absolute atomic E-state index is 0.0529. The van der Waals surface area contributed by atoms with E-state index < -0.39 is 0 Å². The molecule has 0 radical (unpaired) electrons. The highest BCUT2D eigenvalue weighted by Crippen LogP contribution is 2.11. The van der Waals surface area contributed by atoms with E-state index >= 15 is 0 Å². The summed E-state index contributed by atoms with van der Waals surface area (Å²) in [4.78, 5) is 25.4. The summed E-state index contributed by atoms with van der Waals surface area (Å²) in [6.45, 7) is 4.12. The third kappa shape index (κ3) is 3.91. The molecule has 0 aliphatic carbocycles. The number of nitrogens with zero attached hydrogens (tertiary/aromatic N) is 3. The van der Waals surface area contributed by atoms with Crippen LogP contribution in [0.4, 0.5) is 11.9 Å². The van der Waals surface area contributed by atoms with E-state index in [4.69, 9.17) is 10.5 Å². The number of aromatic amines is 1. The van der Waals surface area contributed by atoms with E-state index in [9.17, 15) is 4.79 Å². The molecule has 0 amide bonds. The Morgan fingerprint density at radius 3 is 2.89 bits per heavy atom. The Bertz CT molecular complexity index is 608. The minimum Gasteiger partial charge on any atom is -0.461 e. The van der Waals surface area contributed by atoms with Crippen LogP contribution in [0.2, 0.25) is 0 Å². The Morgan fingerprint density at radius 2 is 2.26 bits per heavy atom. The zero-order valence-electron chi connectivity index (χ0n) is 10.5.